The zero-order valence-corrected chi connectivity index (χ0v) is 14.4. The van der Waals surface area contributed by atoms with Crippen LogP contribution in [0.4, 0.5) is 18.9 Å². The van der Waals surface area contributed by atoms with E-state index in [4.69, 9.17) is 16.3 Å². The summed E-state index contributed by atoms with van der Waals surface area (Å²) in [7, 11) is 1.53. The summed E-state index contributed by atoms with van der Waals surface area (Å²) in [6.45, 7) is 0. The molecule has 2 aromatic carbocycles. The van der Waals surface area contributed by atoms with Crippen LogP contribution < -0.4 is 10.1 Å². The van der Waals surface area contributed by atoms with Crippen molar-refractivity contribution in [2.45, 2.75) is 6.18 Å². The van der Waals surface area contributed by atoms with Crippen LogP contribution in [0.15, 0.2) is 42.5 Å². The minimum absolute atomic E-state index is 0.0472. The molecule has 1 heterocycles. The maximum absolute atomic E-state index is 12.8. The molecule has 0 saturated heterocycles. The van der Waals surface area contributed by atoms with Crippen LogP contribution in [-0.4, -0.2) is 13.0 Å². The highest BCUT2D eigenvalue weighted by Crippen LogP contribution is 2.38. The number of ether oxygens (including phenoxy) is 1. The van der Waals surface area contributed by atoms with Crippen molar-refractivity contribution in [1.82, 2.24) is 0 Å². The van der Waals surface area contributed by atoms with Gasteiger partial charge in [0.15, 0.2) is 0 Å². The Labute approximate surface area is 150 Å². The number of rotatable bonds is 3. The number of anilines is 1. The number of benzene rings is 2. The molecule has 0 aliphatic heterocycles. The monoisotopic (exact) mass is 385 g/mol. The SMILES string of the molecule is COc1ccc2c(Cl)c(C(=O)Nc3cccc(C(F)(F)F)c3)sc2c1. The number of alkyl halides is 3. The lowest BCUT2D eigenvalue weighted by molar-refractivity contribution is -0.137. The van der Waals surface area contributed by atoms with Crippen molar-refractivity contribution in [3.05, 3.63) is 57.9 Å². The largest absolute Gasteiger partial charge is 0.497 e. The van der Waals surface area contributed by atoms with Crippen molar-refractivity contribution >= 4 is 44.6 Å². The molecule has 0 bridgehead atoms. The van der Waals surface area contributed by atoms with Crippen molar-refractivity contribution < 1.29 is 22.7 Å². The summed E-state index contributed by atoms with van der Waals surface area (Å²) in [6, 6.07) is 9.63. The Hall–Kier alpha value is -2.25. The van der Waals surface area contributed by atoms with E-state index in [-0.39, 0.29) is 15.6 Å². The second-order valence-corrected chi connectivity index (χ2v) is 6.57. The van der Waals surface area contributed by atoms with Gasteiger partial charge in [0.1, 0.15) is 10.6 Å². The molecule has 0 atom stereocenters. The van der Waals surface area contributed by atoms with E-state index in [9.17, 15) is 18.0 Å². The van der Waals surface area contributed by atoms with E-state index in [1.165, 1.54) is 19.2 Å². The van der Waals surface area contributed by atoms with Gasteiger partial charge < -0.3 is 10.1 Å². The summed E-state index contributed by atoms with van der Waals surface area (Å²) >= 11 is 7.39. The minimum atomic E-state index is -4.48. The first-order valence-corrected chi connectivity index (χ1v) is 8.23. The number of fused-ring (bicyclic) bond motifs is 1. The Bertz CT molecular complexity index is 953. The molecule has 0 saturated carbocycles. The fourth-order valence-corrected chi connectivity index (χ4v) is 3.72. The van der Waals surface area contributed by atoms with E-state index in [1.54, 1.807) is 18.2 Å². The number of nitrogens with one attached hydrogen (secondary N) is 1. The van der Waals surface area contributed by atoms with Crippen LogP contribution in [0, 0.1) is 0 Å². The average molecular weight is 386 g/mol. The molecule has 3 rings (SSSR count). The van der Waals surface area contributed by atoms with Gasteiger partial charge in [0, 0.05) is 15.8 Å². The molecular formula is C17H11ClF3NO2S. The molecule has 0 aliphatic rings. The Morgan fingerprint density at radius 1 is 1.20 bits per heavy atom. The standard InChI is InChI=1S/C17H11ClF3NO2S/c1-24-11-5-6-12-13(8-11)25-15(14(12)18)16(23)22-10-4-2-3-9(7-10)17(19,20)21/h2-8H,1H3,(H,22,23). The maximum Gasteiger partial charge on any atom is 0.416 e. The molecule has 1 N–H and O–H groups in total. The van der Waals surface area contributed by atoms with Crippen molar-refractivity contribution in [2.24, 2.45) is 0 Å². The minimum Gasteiger partial charge on any atom is -0.497 e. The number of carbonyl (C=O) groups is 1. The molecule has 1 amide bonds. The number of halogens is 4. The first-order valence-electron chi connectivity index (χ1n) is 7.04. The molecule has 3 nitrogen and oxygen atoms in total. The zero-order chi connectivity index (χ0) is 18.2. The van der Waals surface area contributed by atoms with Gasteiger partial charge in [-0.05, 0) is 36.4 Å². The number of amides is 1. The molecule has 0 fully saturated rings. The van der Waals surface area contributed by atoms with Crippen LogP contribution >= 0.6 is 22.9 Å². The summed E-state index contributed by atoms with van der Waals surface area (Å²) in [4.78, 5) is 12.6. The summed E-state index contributed by atoms with van der Waals surface area (Å²) in [6.07, 6.45) is -4.48. The number of thiophene rings is 1. The highest BCUT2D eigenvalue weighted by atomic mass is 35.5. The van der Waals surface area contributed by atoms with E-state index in [1.807, 2.05) is 0 Å². The highest BCUT2D eigenvalue weighted by Gasteiger charge is 2.30. The summed E-state index contributed by atoms with van der Waals surface area (Å²) in [5, 5.41) is 3.40. The highest BCUT2D eigenvalue weighted by molar-refractivity contribution is 7.21. The molecule has 3 aromatic rings. The first-order chi connectivity index (χ1) is 11.8. The van der Waals surface area contributed by atoms with Crippen LogP contribution in [0.25, 0.3) is 10.1 Å². The maximum atomic E-state index is 12.8. The van der Waals surface area contributed by atoms with Crippen LogP contribution in [0.1, 0.15) is 15.2 Å². The Balaban J connectivity index is 1.91. The summed E-state index contributed by atoms with van der Waals surface area (Å²) in [5.41, 5.74) is -0.789. The van der Waals surface area contributed by atoms with Gasteiger partial charge >= 0.3 is 6.18 Å². The lowest BCUT2D eigenvalue weighted by Crippen LogP contribution is -2.12. The molecule has 25 heavy (non-hydrogen) atoms. The Morgan fingerprint density at radius 3 is 2.64 bits per heavy atom. The van der Waals surface area contributed by atoms with Crippen LogP contribution in [0.5, 0.6) is 5.75 Å². The van der Waals surface area contributed by atoms with Gasteiger partial charge in [0.2, 0.25) is 0 Å². The third kappa shape index (κ3) is 3.57. The summed E-state index contributed by atoms with van der Waals surface area (Å²) < 4.78 is 44.2. The number of hydrogen-bond donors (Lipinski definition) is 1. The normalized spacial score (nSPS) is 11.6. The van der Waals surface area contributed by atoms with Gasteiger partial charge in [0.25, 0.3) is 5.91 Å². The summed E-state index contributed by atoms with van der Waals surface area (Å²) in [5.74, 6) is 0.0553. The predicted molar refractivity (Wildman–Crippen MR) is 92.8 cm³/mol. The quantitative estimate of drug-likeness (QED) is 0.615. The predicted octanol–water partition coefficient (Wildman–Crippen LogP) is 5.83. The van der Waals surface area contributed by atoms with Crippen LogP contribution in [0.3, 0.4) is 0 Å². The van der Waals surface area contributed by atoms with E-state index >= 15 is 0 Å². The van der Waals surface area contributed by atoms with Crippen molar-refractivity contribution in [3.8, 4) is 5.75 Å². The van der Waals surface area contributed by atoms with Gasteiger partial charge in [-0.1, -0.05) is 17.7 Å². The van der Waals surface area contributed by atoms with Crippen molar-refractivity contribution in [1.29, 1.82) is 0 Å². The Kier molecular flexibility index (Phi) is 4.62. The average Bonchev–Trinajstić information content (AvgIpc) is 2.90. The lowest BCUT2D eigenvalue weighted by atomic mass is 10.2. The van der Waals surface area contributed by atoms with Crippen LogP contribution in [-0.2, 0) is 6.18 Å². The van der Waals surface area contributed by atoms with Crippen molar-refractivity contribution in [2.75, 3.05) is 12.4 Å². The molecule has 8 heteroatoms. The molecular weight excluding hydrogens is 375 g/mol. The third-order valence-corrected chi connectivity index (χ3v) is 5.15. The fourth-order valence-electron chi connectivity index (χ4n) is 2.28. The number of carbonyl (C=O) groups excluding carboxylic acids is 1. The van der Waals surface area contributed by atoms with E-state index in [2.05, 4.69) is 5.32 Å². The lowest BCUT2D eigenvalue weighted by Gasteiger charge is -2.09. The van der Waals surface area contributed by atoms with Crippen LogP contribution in [0.2, 0.25) is 5.02 Å². The molecule has 0 unspecified atom stereocenters. The topological polar surface area (TPSA) is 38.3 Å². The second-order valence-electron chi connectivity index (χ2n) is 5.14. The van der Waals surface area contributed by atoms with Crippen molar-refractivity contribution in [3.63, 3.8) is 0 Å². The van der Waals surface area contributed by atoms with E-state index in [0.29, 0.717) is 11.1 Å². The number of methoxy groups -OCH3 is 1. The smallest absolute Gasteiger partial charge is 0.416 e. The van der Waals surface area contributed by atoms with Gasteiger partial charge in [-0.15, -0.1) is 11.3 Å². The number of hydrogen-bond acceptors (Lipinski definition) is 3. The second kappa shape index (κ2) is 6.57. The molecule has 0 radical (unpaired) electrons. The zero-order valence-electron chi connectivity index (χ0n) is 12.8. The fraction of sp³-hybridized carbons (Fsp3) is 0.118. The Morgan fingerprint density at radius 2 is 1.96 bits per heavy atom. The van der Waals surface area contributed by atoms with Gasteiger partial charge in [0.05, 0.1) is 17.7 Å². The molecule has 130 valence electrons. The van der Waals surface area contributed by atoms with Gasteiger partial charge in [-0.25, -0.2) is 0 Å². The first kappa shape index (κ1) is 17.6. The molecule has 0 aliphatic carbocycles. The molecule has 0 spiro atoms. The van der Waals surface area contributed by atoms with Gasteiger partial charge in [-0.2, -0.15) is 13.2 Å². The van der Waals surface area contributed by atoms with E-state index in [0.717, 1.165) is 28.2 Å². The van der Waals surface area contributed by atoms with E-state index < -0.39 is 17.6 Å². The molecule has 1 aromatic heterocycles. The van der Waals surface area contributed by atoms with Gasteiger partial charge in [-0.3, -0.25) is 4.79 Å². The third-order valence-electron chi connectivity index (χ3n) is 3.49.